The summed E-state index contributed by atoms with van der Waals surface area (Å²) < 4.78 is 38.9. The van der Waals surface area contributed by atoms with Gasteiger partial charge in [0.15, 0.2) is 0 Å². The van der Waals surface area contributed by atoms with E-state index < -0.39 is 15.8 Å². The monoisotopic (exact) mass is 323 g/mol. The average molecular weight is 324 g/mol. The van der Waals surface area contributed by atoms with Crippen molar-refractivity contribution in [2.24, 2.45) is 0 Å². The van der Waals surface area contributed by atoms with Crippen molar-refractivity contribution in [3.63, 3.8) is 0 Å². The largest absolute Gasteiger partial charge is 0.243 e. The number of benzene rings is 1. The molecule has 0 N–H and O–H groups in total. The summed E-state index contributed by atoms with van der Waals surface area (Å²) in [5.74, 6) is -0.426. The normalized spacial score (nSPS) is 12.1. The summed E-state index contributed by atoms with van der Waals surface area (Å²) >= 11 is 3.22. The molecule has 0 aliphatic heterocycles. The first-order valence-electron chi connectivity index (χ1n) is 5.25. The zero-order chi connectivity index (χ0) is 13.1. The first-order valence-corrected chi connectivity index (χ1v) is 7.82. The van der Waals surface area contributed by atoms with Gasteiger partial charge in [-0.2, -0.15) is 4.31 Å². The van der Waals surface area contributed by atoms with E-state index in [0.29, 0.717) is 24.0 Å². The lowest BCUT2D eigenvalue weighted by Crippen LogP contribution is -2.33. The Balaban J connectivity index is 3.20. The van der Waals surface area contributed by atoms with Crippen molar-refractivity contribution < 1.29 is 12.8 Å². The van der Waals surface area contributed by atoms with Gasteiger partial charge < -0.3 is 0 Å². The fourth-order valence-corrected chi connectivity index (χ4v) is 3.90. The van der Waals surface area contributed by atoms with Crippen molar-refractivity contribution in [1.82, 2.24) is 4.31 Å². The second kappa shape index (κ2) is 5.93. The van der Waals surface area contributed by atoms with Crippen LogP contribution in [0.2, 0.25) is 0 Å². The van der Waals surface area contributed by atoms with Crippen molar-refractivity contribution in [3.8, 4) is 0 Å². The molecule has 1 aromatic carbocycles. The molecule has 1 aromatic rings. The van der Waals surface area contributed by atoms with Crippen molar-refractivity contribution in [2.45, 2.75) is 18.7 Å². The first-order chi connectivity index (χ1) is 7.93. The molecule has 0 spiro atoms. The fourth-order valence-electron chi connectivity index (χ4n) is 1.58. The summed E-state index contributed by atoms with van der Waals surface area (Å²) in [5.41, 5.74) is 0.429. The molecular formula is C11H15BrFNO2S. The van der Waals surface area contributed by atoms with Crippen molar-refractivity contribution in [2.75, 3.05) is 18.4 Å². The molecule has 0 fully saturated rings. The van der Waals surface area contributed by atoms with Crippen LogP contribution in [0.4, 0.5) is 4.39 Å². The molecule has 0 saturated carbocycles. The third-order valence-corrected chi connectivity index (χ3v) is 4.93. The maximum Gasteiger partial charge on any atom is 0.243 e. The topological polar surface area (TPSA) is 37.4 Å². The number of nitrogens with zero attached hydrogens (tertiary/aromatic N) is 1. The highest BCUT2D eigenvalue weighted by Gasteiger charge is 2.24. The lowest BCUT2D eigenvalue weighted by molar-refractivity contribution is 0.448. The van der Waals surface area contributed by atoms with Crippen LogP contribution >= 0.6 is 15.9 Å². The van der Waals surface area contributed by atoms with Crippen molar-refractivity contribution in [3.05, 3.63) is 29.6 Å². The van der Waals surface area contributed by atoms with Gasteiger partial charge in [-0.25, -0.2) is 12.8 Å². The highest BCUT2D eigenvalue weighted by molar-refractivity contribution is 9.09. The van der Waals surface area contributed by atoms with E-state index in [-0.39, 0.29) is 4.90 Å². The minimum Gasteiger partial charge on any atom is -0.207 e. The predicted octanol–water partition coefficient (Wildman–Crippen LogP) is 2.54. The highest BCUT2D eigenvalue weighted by Crippen LogP contribution is 2.20. The van der Waals surface area contributed by atoms with Gasteiger partial charge in [0.1, 0.15) is 5.82 Å². The van der Waals surface area contributed by atoms with Gasteiger partial charge >= 0.3 is 0 Å². The lowest BCUT2D eigenvalue weighted by Gasteiger charge is -2.20. The minimum atomic E-state index is -3.52. The third kappa shape index (κ3) is 3.26. The molecule has 3 nitrogen and oxygen atoms in total. The van der Waals surface area contributed by atoms with Crippen LogP contribution < -0.4 is 0 Å². The Labute approximate surface area is 110 Å². The van der Waals surface area contributed by atoms with Crippen LogP contribution in [0.25, 0.3) is 0 Å². The van der Waals surface area contributed by atoms with E-state index in [1.165, 1.54) is 22.5 Å². The Morgan fingerprint density at radius 1 is 1.41 bits per heavy atom. The molecule has 0 aliphatic carbocycles. The smallest absolute Gasteiger partial charge is 0.207 e. The molecule has 0 bridgehead atoms. The molecule has 0 aliphatic rings. The van der Waals surface area contributed by atoms with Crippen LogP contribution in [0.5, 0.6) is 0 Å². The van der Waals surface area contributed by atoms with E-state index in [2.05, 4.69) is 15.9 Å². The van der Waals surface area contributed by atoms with Gasteiger partial charge in [0.25, 0.3) is 0 Å². The maximum atomic E-state index is 13.0. The van der Waals surface area contributed by atoms with E-state index in [1.807, 2.05) is 0 Å². The fraction of sp³-hybridized carbons (Fsp3) is 0.455. The summed E-state index contributed by atoms with van der Waals surface area (Å²) in [7, 11) is -3.52. The second-order valence-electron chi connectivity index (χ2n) is 3.60. The average Bonchev–Trinajstić information content (AvgIpc) is 2.24. The standard InChI is InChI=1S/C11H15BrFNO2S/c1-3-14(7-6-12)17(15,16)11-5-4-10(13)8-9(11)2/h4-5,8H,3,6-7H2,1-2H3. The Kier molecular flexibility index (Phi) is 5.09. The number of rotatable bonds is 5. The second-order valence-corrected chi connectivity index (χ2v) is 6.29. The quantitative estimate of drug-likeness (QED) is 0.781. The van der Waals surface area contributed by atoms with Crippen LogP contribution in [0, 0.1) is 12.7 Å². The number of hydrogen-bond acceptors (Lipinski definition) is 2. The maximum absolute atomic E-state index is 13.0. The molecule has 0 atom stereocenters. The molecule has 1 rings (SSSR count). The molecule has 0 saturated heterocycles. The number of hydrogen-bond donors (Lipinski definition) is 0. The Bertz CT molecular complexity index is 490. The molecule has 96 valence electrons. The zero-order valence-corrected chi connectivity index (χ0v) is 12.2. The number of aryl methyl sites for hydroxylation is 1. The molecule has 0 amide bonds. The van der Waals surface area contributed by atoms with Crippen molar-refractivity contribution >= 4 is 26.0 Å². The molecular weight excluding hydrogens is 309 g/mol. The Morgan fingerprint density at radius 2 is 2.06 bits per heavy atom. The molecule has 6 heteroatoms. The van der Waals surface area contributed by atoms with Gasteiger partial charge in [-0.15, -0.1) is 0 Å². The van der Waals surface area contributed by atoms with Gasteiger partial charge in [0, 0.05) is 18.4 Å². The van der Waals surface area contributed by atoms with Crippen LogP contribution in [0.1, 0.15) is 12.5 Å². The van der Waals surface area contributed by atoms with Crippen molar-refractivity contribution in [1.29, 1.82) is 0 Å². The molecule has 0 unspecified atom stereocenters. The summed E-state index contributed by atoms with van der Waals surface area (Å²) in [6.07, 6.45) is 0. The predicted molar refractivity (Wildman–Crippen MR) is 69.4 cm³/mol. The number of sulfonamides is 1. The SMILES string of the molecule is CCN(CCBr)S(=O)(=O)c1ccc(F)cc1C. The summed E-state index contributed by atoms with van der Waals surface area (Å²) in [6, 6.07) is 3.72. The van der Waals surface area contributed by atoms with Crippen LogP contribution in [-0.2, 0) is 10.0 Å². The first kappa shape index (κ1) is 14.6. The molecule has 17 heavy (non-hydrogen) atoms. The molecule has 0 aromatic heterocycles. The van der Waals surface area contributed by atoms with Gasteiger partial charge in [-0.3, -0.25) is 0 Å². The van der Waals surface area contributed by atoms with E-state index in [1.54, 1.807) is 13.8 Å². The van der Waals surface area contributed by atoms with Gasteiger partial charge in [0.2, 0.25) is 10.0 Å². The van der Waals surface area contributed by atoms with E-state index in [0.717, 1.165) is 0 Å². The van der Waals surface area contributed by atoms with Crippen LogP contribution in [-0.4, -0.2) is 31.1 Å². The highest BCUT2D eigenvalue weighted by atomic mass is 79.9. The molecule has 0 heterocycles. The minimum absolute atomic E-state index is 0.168. The van der Waals surface area contributed by atoms with Crippen LogP contribution in [0.15, 0.2) is 23.1 Å². The zero-order valence-electron chi connectivity index (χ0n) is 9.78. The third-order valence-electron chi connectivity index (χ3n) is 2.44. The summed E-state index contributed by atoms with van der Waals surface area (Å²) in [6.45, 7) is 4.16. The Hall–Kier alpha value is -0.460. The number of halogens is 2. The van der Waals surface area contributed by atoms with E-state index >= 15 is 0 Å². The van der Waals surface area contributed by atoms with Gasteiger partial charge in [0.05, 0.1) is 4.90 Å². The summed E-state index contributed by atoms with van der Waals surface area (Å²) in [5, 5.41) is 0.570. The van der Waals surface area contributed by atoms with Gasteiger partial charge in [-0.1, -0.05) is 22.9 Å². The summed E-state index contributed by atoms with van der Waals surface area (Å²) in [4.78, 5) is 0.168. The van der Waals surface area contributed by atoms with Gasteiger partial charge in [-0.05, 0) is 30.7 Å². The lowest BCUT2D eigenvalue weighted by atomic mass is 10.2. The molecule has 0 radical (unpaired) electrons. The Morgan fingerprint density at radius 3 is 2.53 bits per heavy atom. The van der Waals surface area contributed by atoms with Crippen LogP contribution in [0.3, 0.4) is 0 Å². The van der Waals surface area contributed by atoms with E-state index in [9.17, 15) is 12.8 Å². The van der Waals surface area contributed by atoms with E-state index in [4.69, 9.17) is 0 Å². The number of alkyl halides is 1.